The number of carbonyl (C=O) groups excluding carboxylic acids is 1. The van der Waals surface area contributed by atoms with Gasteiger partial charge in [-0.15, -0.1) is 11.3 Å². The van der Waals surface area contributed by atoms with Crippen LogP contribution in [0.25, 0.3) is 0 Å². The summed E-state index contributed by atoms with van der Waals surface area (Å²) in [6.45, 7) is 0.564. The largest absolute Gasteiger partial charge is 0.465 e. The van der Waals surface area contributed by atoms with Crippen LogP contribution >= 0.6 is 45.5 Å². The minimum absolute atomic E-state index is 0.358. The summed E-state index contributed by atoms with van der Waals surface area (Å²) in [6, 6.07) is 5.48. The Morgan fingerprint density at radius 1 is 1.58 bits per heavy atom. The number of carbonyl (C=O) groups is 1. The number of halogens is 2. The number of hydrogen-bond acceptors (Lipinski definition) is 5. The van der Waals surface area contributed by atoms with Crippen molar-refractivity contribution in [2.45, 2.75) is 6.54 Å². The molecule has 1 aromatic heterocycles. The summed E-state index contributed by atoms with van der Waals surface area (Å²) in [5.41, 5.74) is 1.28. The van der Waals surface area contributed by atoms with Gasteiger partial charge in [0.15, 0.2) is 4.47 Å². The fourth-order valence-electron chi connectivity index (χ4n) is 1.52. The van der Waals surface area contributed by atoms with E-state index in [0.717, 1.165) is 14.1 Å². The molecule has 0 atom stereocenters. The van der Waals surface area contributed by atoms with Crippen molar-refractivity contribution >= 4 is 57.2 Å². The molecule has 0 bridgehead atoms. The predicted octanol–water partition coefficient (Wildman–Crippen LogP) is 3.80. The van der Waals surface area contributed by atoms with Gasteiger partial charge < -0.3 is 10.1 Å². The minimum atomic E-state index is -0.358. The first-order valence-corrected chi connectivity index (χ1v) is 7.60. The summed E-state index contributed by atoms with van der Waals surface area (Å²) in [4.78, 5) is 16.7. The van der Waals surface area contributed by atoms with E-state index in [-0.39, 0.29) is 5.97 Å². The van der Waals surface area contributed by atoms with Gasteiger partial charge in [-0.05, 0) is 34.7 Å². The summed E-state index contributed by atoms with van der Waals surface area (Å²) in [5.74, 6) is -0.358. The number of esters is 1. The fourth-order valence-corrected chi connectivity index (χ4v) is 3.13. The number of nitrogens with zero attached hydrogens (tertiary/aromatic N) is 1. The summed E-state index contributed by atoms with van der Waals surface area (Å²) in [6.07, 6.45) is 1.72. The molecular weight excluding hydrogens is 399 g/mol. The second kappa shape index (κ2) is 6.53. The van der Waals surface area contributed by atoms with Crippen LogP contribution in [0.3, 0.4) is 0 Å². The molecule has 7 heteroatoms. The van der Waals surface area contributed by atoms with Crippen molar-refractivity contribution in [3.05, 3.63) is 42.9 Å². The van der Waals surface area contributed by atoms with Crippen LogP contribution in [-0.2, 0) is 11.3 Å². The van der Waals surface area contributed by atoms with E-state index in [1.807, 2.05) is 12.1 Å². The van der Waals surface area contributed by atoms with Crippen molar-refractivity contribution in [1.29, 1.82) is 0 Å². The highest BCUT2D eigenvalue weighted by Gasteiger charge is 2.14. The summed E-state index contributed by atoms with van der Waals surface area (Å²) in [5, 5.41) is 3.23. The minimum Gasteiger partial charge on any atom is -0.465 e. The Bertz CT molecular complexity index is 603. The molecule has 100 valence electrons. The highest BCUT2D eigenvalue weighted by atomic mass is 127. The van der Waals surface area contributed by atoms with Crippen LogP contribution in [0.4, 0.5) is 5.69 Å². The molecule has 0 aliphatic carbocycles. The third kappa shape index (κ3) is 3.58. The lowest BCUT2D eigenvalue weighted by Gasteiger charge is -2.11. The third-order valence-electron chi connectivity index (χ3n) is 2.38. The lowest BCUT2D eigenvalue weighted by Crippen LogP contribution is -2.09. The van der Waals surface area contributed by atoms with E-state index in [1.165, 1.54) is 18.4 Å². The molecule has 0 unspecified atom stereocenters. The van der Waals surface area contributed by atoms with Crippen molar-refractivity contribution in [3.63, 3.8) is 0 Å². The van der Waals surface area contributed by atoms with Gasteiger partial charge in [0.2, 0.25) is 0 Å². The Labute approximate surface area is 133 Å². The second-order valence-corrected chi connectivity index (χ2v) is 6.45. The Morgan fingerprint density at radius 2 is 2.37 bits per heavy atom. The van der Waals surface area contributed by atoms with Gasteiger partial charge >= 0.3 is 5.97 Å². The average molecular weight is 409 g/mol. The molecule has 0 aliphatic rings. The molecule has 0 saturated carbocycles. The molecule has 1 N–H and O–H groups in total. The van der Waals surface area contributed by atoms with Crippen LogP contribution in [0.2, 0.25) is 4.47 Å². The van der Waals surface area contributed by atoms with Crippen LogP contribution < -0.4 is 5.32 Å². The van der Waals surface area contributed by atoms with E-state index in [4.69, 9.17) is 16.3 Å². The molecule has 0 spiro atoms. The second-order valence-electron chi connectivity index (χ2n) is 3.59. The molecule has 0 fully saturated rings. The van der Waals surface area contributed by atoms with Gasteiger partial charge in [0, 0.05) is 14.6 Å². The molecule has 4 nitrogen and oxygen atoms in total. The van der Waals surface area contributed by atoms with E-state index in [9.17, 15) is 4.79 Å². The van der Waals surface area contributed by atoms with E-state index in [0.29, 0.717) is 16.6 Å². The van der Waals surface area contributed by atoms with Crippen molar-refractivity contribution < 1.29 is 9.53 Å². The smallest absolute Gasteiger partial charge is 0.340 e. The first kappa shape index (κ1) is 14.5. The van der Waals surface area contributed by atoms with Crippen molar-refractivity contribution in [2.24, 2.45) is 0 Å². The van der Waals surface area contributed by atoms with Crippen LogP contribution in [0.1, 0.15) is 15.2 Å². The van der Waals surface area contributed by atoms with Crippen molar-refractivity contribution in [1.82, 2.24) is 4.98 Å². The average Bonchev–Trinajstić information content (AvgIpc) is 2.82. The SMILES string of the molecule is COC(=O)c1cccc(I)c1NCc1cnc(Cl)s1. The molecule has 2 rings (SSSR count). The maximum Gasteiger partial charge on any atom is 0.340 e. The first-order chi connectivity index (χ1) is 9.11. The van der Waals surface area contributed by atoms with Gasteiger partial charge in [0.1, 0.15) is 0 Å². The highest BCUT2D eigenvalue weighted by molar-refractivity contribution is 14.1. The highest BCUT2D eigenvalue weighted by Crippen LogP contribution is 2.25. The van der Waals surface area contributed by atoms with Crippen LogP contribution in [0, 0.1) is 3.57 Å². The number of hydrogen-bond donors (Lipinski definition) is 1. The molecule has 2 aromatic rings. The van der Waals surface area contributed by atoms with E-state index in [2.05, 4.69) is 32.9 Å². The maximum absolute atomic E-state index is 11.7. The predicted molar refractivity (Wildman–Crippen MR) is 84.9 cm³/mol. The van der Waals surface area contributed by atoms with E-state index >= 15 is 0 Å². The molecule has 0 amide bonds. The van der Waals surface area contributed by atoms with Crippen LogP contribution in [0.5, 0.6) is 0 Å². The topological polar surface area (TPSA) is 51.2 Å². The fraction of sp³-hybridized carbons (Fsp3) is 0.167. The number of benzene rings is 1. The maximum atomic E-state index is 11.7. The number of rotatable bonds is 4. The number of aromatic nitrogens is 1. The third-order valence-corrected chi connectivity index (χ3v) is 4.40. The van der Waals surface area contributed by atoms with Gasteiger partial charge in [0.25, 0.3) is 0 Å². The molecule has 0 aliphatic heterocycles. The van der Waals surface area contributed by atoms with E-state index < -0.39 is 0 Å². The number of anilines is 1. The molecule has 1 aromatic carbocycles. The Morgan fingerprint density at radius 3 is 3.00 bits per heavy atom. The number of methoxy groups -OCH3 is 1. The quantitative estimate of drug-likeness (QED) is 0.618. The van der Waals surface area contributed by atoms with Crippen molar-refractivity contribution in [2.75, 3.05) is 12.4 Å². The standard InChI is InChI=1S/C12H10ClIN2O2S/c1-18-11(17)8-3-2-4-9(14)10(8)15-5-7-6-16-12(13)19-7/h2-4,6,15H,5H2,1H3. The van der Waals surface area contributed by atoms with Gasteiger partial charge in [-0.1, -0.05) is 17.7 Å². The number of nitrogens with one attached hydrogen (secondary N) is 1. The molecule has 19 heavy (non-hydrogen) atoms. The van der Waals surface area contributed by atoms with E-state index in [1.54, 1.807) is 12.3 Å². The monoisotopic (exact) mass is 408 g/mol. The summed E-state index contributed by atoms with van der Waals surface area (Å²) in [7, 11) is 1.37. The Hall–Kier alpha value is -0.860. The number of para-hydroxylation sites is 1. The lowest BCUT2D eigenvalue weighted by atomic mass is 10.2. The van der Waals surface area contributed by atoms with Crippen molar-refractivity contribution in [3.8, 4) is 0 Å². The number of thiazole rings is 1. The molecule has 0 saturated heterocycles. The molecule has 1 heterocycles. The van der Waals surface area contributed by atoms with Crippen LogP contribution in [0.15, 0.2) is 24.4 Å². The van der Waals surface area contributed by atoms with Gasteiger partial charge in [-0.25, -0.2) is 9.78 Å². The van der Waals surface area contributed by atoms with Gasteiger partial charge in [-0.2, -0.15) is 0 Å². The lowest BCUT2D eigenvalue weighted by molar-refractivity contribution is 0.0601. The summed E-state index contributed by atoms with van der Waals surface area (Å²) >= 11 is 9.36. The summed E-state index contributed by atoms with van der Waals surface area (Å²) < 4.78 is 6.24. The Balaban J connectivity index is 2.21. The number of ether oxygens (including phenoxy) is 1. The Kier molecular flexibility index (Phi) is 5.00. The zero-order chi connectivity index (χ0) is 13.8. The zero-order valence-electron chi connectivity index (χ0n) is 9.94. The molecular formula is C12H10ClIN2O2S. The van der Waals surface area contributed by atoms with Gasteiger partial charge in [0.05, 0.1) is 24.9 Å². The van der Waals surface area contributed by atoms with Crippen LogP contribution in [-0.4, -0.2) is 18.1 Å². The van der Waals surface area contributed by atoms with Gasteiger partial charge in [-0.3, -0.25) is 0 Å². The zero-order valence-corrected chi connectivity index (χ0v) is 13.7. The first-order valence-electron chi connectivity index (χ1n) is 5.32. The normalized spacial score (nSPS) is 10.3. The molecule has 0 radical (unpaired) electrons.